The molecule has 1 amide bonds. The standard InChI is InChI=1S/C15H22N2OS/c1-2-6-12-15(18)17(11-7-3-4-8-11)14(16-12)13-9-5-10-19-13/h5,9-12,14,16H,2-4,6-8H2,1H3. The van der Waals surface area contributed by atoms with Crippen molar-refractivity contribution in [2.75, 3.05) is 0 Å². The van der Waals surface area contributed by atoms with Gasteiger partial charge in [-0.2, -0.15) is 0 Å². The minimum Gasteiger partial charge on any atom is -0.318 e. The Morgan fingerprint density at radius 3 is 2.84 bits per heavy atom. The van der Waals surface area contributed by atoms with Gasteiger partial charge in [0.1, 0.15) is 6.17 Å². The topological polar surface area (TPSA) is 32.3 Å². The molecular weight excluding hydrogens is 256 g/mol. The average molecular weight is 278 g/mol. The minimum absolute atomic E-state index is 0.0256. The molecular formula is C15H22N2OS. The SMILES string of the molecule is CCCC1NC(c2cccs2)N(C2CCCC2)C1=O. The molecule has 0 bridgehead atoms. The molecule has 1 saturated heterocycles. The number of nitrogens with one attached hydrogen (secondary N) is 1. The molecule has 2 unspecified atom stereocenters. The zero-order valence-corrected chi connectivity index (χ0v) is 12.3. The molecule has 1 aliphatic heterocycles. The Balaban J connectivity index is 1.85. The van der Waals surface area contributed by atoms with E-state index in [1.165, 1.54) is 30.6 Å². The first kappa shape index (κ1) is 13.1. The summed E-state index contributed by atoms with van der Waals surface area (Å²) in [5, 5.41) is 5.66. The van der Waals surface area contributed by atoms with Gasteiger partial charge >= 0.3 is 0 Å². The Kier molecular flexibility index (Phi) is 3.89. The van der Waals surface area contributed by atoms with E-state index in [1.54, 1.807) is 11.3 Å². The second-order valence-corrected chi connectivity index (χ2v) is 6.59. The summed E-state index contributed by atoms with van der Waals surface area (Å²) in [6.45, 7) is 2.15. The van der Waals surface area contributed by atoms with Crippen molar-refractivity contribution in [1.82, 2.24) is 10.2 Å². The molecule has 1 aromatic rings. The molecule has 0 radical (unpaired) electrons. The van der Waals surface area contributed by atoms with Gasteiger partial charge in [0, 0.05) is 10.9 Å². The van der Waals surface area contributed by atoms with Crippen LogP contribution in [0.2, 0.25) is 0 Å². The molecule has 3 nitrogen and oxygen atoms in total. The number of hydrogen-bond acceptors (Lipinski definition) is 3. The van der Waals surface area contributed by atoms with E-state index in [4.69, 9.17) is 0 Å². The van der Waals surface area contributed by atoms with E-state index >= 15 is 0 Å². The third kappa shape index (κ3) is 2.43. The first-order valence-electron chi connectivity index (χ1n) is 7.43. The van der Waals surface area contributed by atoms with E-state index < -0.39 is 0 Å². The van der Waals surface area contributed by atoms with Crippen LogP contribution >= 0.6 is 11.3 Å². The van der Waals surface area contributed by atoms with Gasteiger partial charge in [-0.15, -0.1) is 11.3 Å². The normalized spacial score (nSPS) is 28.5. The van der Waals surface area contributed by atoms with E-state index in [2.05, 4.69) is 34.7 Å². The fraction of sp³-hybridized carbons (Fsp3) is 0.667. The lowest BCUT2D eigenvalue weighted by Gasteiger charge is -2.29. The van der Waals surface area contributed by atoms with E-state index in [9.17, 15) is 4.79 Å². The Labute approximate surface area is 119 Å². The lowest BCUT2D eigenvalue weighted by Crippen LogP contribution is -2.38. The van der Waals surface area contributed by atoms with Crippen LogP contribution in [0, 0.1) is 0 Å². The molecule has 19 heavy (non-hydrogen) atoms. The van der Waals surface area contributed by atoms with Crippen LogP contribution in [0.4, 0.5) is 0 Å². The Hall–Kier alpha value is -0.870. The summed E-state index contributed by atoms with van der Waals surface area (Å²) in [6.07, 6.45) is 7.01. The summed E-state index contributed by atoms with van der Waals surface area (Å²) >= 11 is 1.75. The summed E-state index contributed by atoms with van der Waals surface area (Å²) in [5.74, 6) is 0.326. The summed E-state index contributed by atoms with van der Waals surface area (Å²) in [5.41, 5.74) is 0. The van der Waals surface area contributed by atoms with Crippen LogP contribution in [-0.2, 0) is 4.79 Å². The summed E-state index contributed by atoms with van der Waals surface area (Å²) in [6, 6.07) is 4.70. The van der Waals surface area contributed by atoms with Crippen molar-refractivity contribution in [3.05, 3.63) is 22.4 Å². The molecule has 3 rings (SSSR count). The maximum atomic E-state index is 12.7. The van der Waals surface area contributed by atoms with Gasteiger partial charge in [-0.05, 0) is 30.7 Å². The molecule has 2 heterocycles. The number of rotatable bonds is 4. The van der Waals surface area contributed by atoms with Gasteiger partial charge in [-0.25, -0.2) is 0 Å². The van der Waals surface area contributed by atoms with Crippen LogP contribution in [0.15, 0.2) is 17.5 Å². The number of nitrogens with zero attached hydrogens (tertiary/aromatic N) is 1. The first-order chi connectivity index (χ1) is 9.31. The maximum absolute atomic E-state index is 12.7. The molecule has 0 spiro atoms. The van der Waals surface area contributed by atoms with E-state index in [0.29, 0.717) is 11.9 Å². The molecule has 4 heteroatoms. The number of carbonyl (C=O) groups is 1. The molecule has 1 aromatic heterocycles. The van der Waals surface area contributed by atoms with Crippen LogP contribution < -0.4 is 5.32 Å². The van der Waals surface area contributed by atoms with Crippen LogP contribution in [0.3, 0.4) is 0 Å². The van der Waals surface area contributed by atoms with Crippen molar-refractivity contribution in [3.8, 4) is 0 Å². The first-order valence-corrected chi connectivity index (χ1v) is 8.31. The highest BCUT2D eigenvalue weighted by atomic mass is 32.1. The Bertz CT molecular complexity index is 425. The van der Waals surface area contributed by atoms with E-state index in [-0.39, 0.29) is 12.2 Å². The summed E-state index contributed by atoms with van der Waals surface area (Å²) in [4.78, 5) is 16.1. The number of hydrogen-bond donors (Lipinski definition) is 1. The smallest absolute Gasteiger partial charge is 0.241 e. The second-order valence-electron chi connectivity index (χ2n) is 5.61. The van der Waals surface area contributed by atoms with Crippen molar-refractivity contribution < 1.29 is 4.79 Å². The largest absolute Gasteiger partial charge is 0.318 e. The Morgan fingerprint density at radius 1 is 1.42 bits per heavy atom. The molecule has 1 aliphatic carbocycles. The molecule has 2 aliphatic rings. The summed E-state index contributed by atoms with van der Waals surface area (Å²) in [7, 11) is 0. The molecule has 1 N–H and O–H groups in total. The van der Waals surface area contributed by atoms with Crippen LogP contribution in [0.25, 0.3) is 0 Å². The lowest BCUT2D eigenvalue weighted by molar-refractivity contribution is -0.132. The number of amides is 1. The van der Waals surface area contributed by atoms with Gasteiger partial charge in [0.2, 0.25) is 5.91 Å². The zero-order chi connectivity index (χ0) is 13.2. The van der Waals surface area contributed by atoms with Gasteiger partial charge in [0.15, 0.2) is 0 Å². The van der Waals surface area contributed by atoms with Crippen molar-refractivity contribution in [3.63, 3.8) is 0 Å². The van der Waals surface area contributed by atoms with Crippen molar-refractivity contribution in [1.29, 1.82) is 0 Å². The van der Waals surface area contributed by atoms with Crippen molar-refractivity contribution >= 4 is 17.2 Å². The Morgan fingerprint density at radius 2 is 2.21 bits per heavy atom. The predicted molar refractivity (Wildman–Crippen MR) is 78.0 cm³/mol. The minimum atomic E-state index is 0.0256. The lowest BCUT2D eigenvalue weighted by atomic mass is 10.1. The number of carbonyl (C=O) groups excluding carboxylic acids is 1. The predicted octanol–water partition coefficient (Wildman–Crippen LogP) is 3.29. The van der Waals surface area contributed by atoms with Crippen LogP contribution in [-0.4, -0.2) is 22.9 Å². The fourth-order valence-electron chi connectivity index (χ4n) is 3.38. The van der Waals surface area contributed by atoms with E-state index in [1.807, 2.05) is 0 Å². The highest BCUT2D eigenvalue weighted by Crippen LogP contribution is 2.36. The van der Waals surface area contributed by atoms with Crippen LogP contribution in [0.5, 0.6) is 0 Å². The number of thiophene rings is 1. The molecule has 0 aromatic carbocycles. The quantitative estimate of drug-likeness (QED) is 0.916. The van der Waals surface area contributed by atoms with Crippen molar-refractivity contribution in [2.45, 2.75) is 63.7 Å². The summed E-state index contributed by atoms with van der Waals surface area (Å²) < 4.78 is 0. The van der Waals surface area contributed by atoms with Crippen molar-refractivity contribution in [2.24, 2.45) is 0 Å². The molecule has 2 atom stereocenters. The average Bonchev–Trinajstić information content (AvgIpc) is 3.11. The highest BCUT2D eigenvalue weighted by molar-refractivity contribution is 7.10. The van der Waals surface area contributed by atoms with Gasteiger partial charge in [-0.1, -0.05) is 32.3 Å². The highest BCUT2D eigenvalue weighted by Gasteiger charge is 2.43. The third-order valence-electron chi connectivity index (χ3n) is 4.30. The third-order valence-corrected chi connectivity index (χ3v) is 5.22. The fourth-order valence-corrected chi connectivity index (χ4v) is 4.17. The molecule has 104 valence electrons. The van der Waals surface area contributed by atoms with Crippen LogP contribution in [0.1, 0.15) is 56.5 Å². The van der Waals surface area contributed by atoms with Gasteiger partial charge in [0.05, 0.1) is 6.04 Å². The molecule has 2 fully saturated rings. The molecule has 1 saturated carbocycles. The van der Waals surface area contributed by atoms with E-state index in [0.717, 1.165) is 12.8 Å². The monoisotopic (exact) mass is 278 g/mol. The maximum Gasteiger partial charge on any atom is 0.241 e. The van der Waals surface area contributed by atoms with Gasteiger partial charge < -0.3 is 4.90 Å². The zero-order valence-electron chi connectivity index (χ0n) is 11.5. The van der Waals surface area contributed by atoms with Gasteiger partial charge in [0.25, 0.3) is 0 Å². The second kappa shape index (κ2) is 5.63. The van der Waals surface area contributed by atoms with Gasteiger partial charge in [-0.3, -0.25) is 10.1 Å².